The van der Waals surface area contributed by atoms with Gasteiger partial charge in [-0.05, 0) is 24.5 Å². The summed E-state index contributed by atoms with van der Waals surface area (Å²) in [5, 5.41) is 8.98. The Morgan fingerprint density at radius 2 is 2.14 bits per heavy atom. The van der Waals surface area contributed by atoms with Gasteiger partial charge in [-0.2, -0.15) is 0 Å². The van der Waals surface area contributed by atoms with Crippen LogP contribution >= 0.6 is 0 Å². The van der Waals surface area contributed by atoms with Crippen LogP contribution in [0.1, 0.15) is 39.5 Å². The third-order valence-corrected chi connectivity index (χ3v) is 1.96. The Morgan fingerprint density at radius 1 is 1.43 bits per heavy atom. The molecule has 0 heterocycles. The number of hydrogen-bond donors (Lipinski definition) is 1. The molecule has 0 saturated carbocycles. The molecular weight excluding hydrogens is 180 g/mol. The fraction of sp³-hybridized carbons (Fsp3) is 0.727. The molecule has 3 nitrogen and oxygen atoms in total. The van der Waals surface area contributed by atoms with Crippen molar-refractivity contribution >= 4 is 5.97 Å². The van der Waals surface area contributed by atoms with Crippen LogP contribution in [0.25, 0.3) is 0 Å². The fourth-order valence-electron chi connectivity index (χ4n) is 1.12. The number of aliphatic hydroxyl groups is 1. The van der Waals surface area contributed by atoms with E-state index in [-0.39, 0.29) is 19.2 Å². The van der Waals surface area contributed by atoms with Crippen LogP contribution in [0.5, 0.6) is 0 Å². The molecule has 0 saturated heterocycles. The minimum Gasteiger partial charge on any atom is -0.462 e. The zero-order chi connectivity index (χ0) is 10.8. The number of carbonyl (C=O) groups excluding carboxylic acids is 1. The number of esters is 1. The van der Waals surface area contributed by atoms with Gasteiger partial charge in [0.2, 0.25) is 0 Å². The molecule has 0 rings (SSSR count). The molecule has 14 heavy (non-hydrogen) atoms. The molecule has 0 bridgehead atoms. The Kier molecular flexibility index (Phi) is 8.24. The highest BCUT2D eigenvalue weighted by Gasteiger charge is 1.96. The third kappa shape index (κ3) is 7.80. The molecule has 1 N–H and O–H groups in total. The number of rotatable bonds is 7. The average molecular weight is 200 g/mol. The van der Waals surface area contributed by atoms with Gasteiger partial charge in [0, 0.05) is 6.92 Å². The third-order valence-electron chi connectivity index (χ3n) is 1.96. The van der Waals surface area contributed by atoms with Crippen LogP contribution in [-0.2, 0) is 9.53 Å². The lowest BCUT2D eigenvalue weighted by Crippen LogP contribution is -2.00. The topological polar surface area (TPSA) is 46.5 Å². The van der Waals surface area contributed by atoms with Crippen molar-refractivity contribution in [1.29, 1.82) is 0 Å². The van der Waals surface area contributed by atoms with Gasteiger partial charge in [0.1, 0.15) is 6.61 Å². The minimum absolute atomic E-state index is 0.0605. The Morgan fingerprint density at radius 3 is 2.64 bits per heavy atom. The zero-order valence-electron chi connectivity index (χ0n) is 9.08. The van der Waals surface area contributed by atoms with Crippen molar-refractivity contribution in [1.82, 2.24) is 0 Å². The summed E-state index contributed by atoms with van der Waals surface area (Å²) in [6.07, 6.45) is 6.11. The molecule has 0 atom stereocenters. The van der Waals surface area contributed by atoms with Crippen molar-refractivity contribution in [2.24, 2.45) is 0 Å². The molecule has 0 aromatic carbocycles. The first-order valence-corrected chi connectivity index (χ1v) is 5.12. The number of aliphatic hydroxyl groups excluding tert-OH is 1. The average Bonchev–Trinajstić information content (AvgIpc) is 2.15. The summed E-state index contributed by atoms with van der Waals surface area (Å²) in [5.41, 5.74) is 0.958. The first-order chi connectivity index (χ1) is 6.70. The lowest BCUT2D eigenvalue weighted by molar-refractivity contribution is -0.139. The Hall–Kier alpha value is -0.830. The number of carbonyl (C=O) groups is 1. The highest BCUT2D eigenvalue weighted by Crippen LogP contribution is 2.08. The SMILES string of the molecule is CCCCC/C(=C/COC(C)=O)CO. The van der Waals surface area contributed by atoms with Crippen molar-refractivity contribution < 1.29 is 14.6 Å². The van der Waals surface area contributed by atoms with Crippen LogP contribution in [0.4, 0.5) is 0 Å². The second-order valence-electron chi connectivity index (χ2n) is 3.28. The molecule has 0 aromatic rings. The highest BCUT2D eigenvalue weighted by atomic mass is 16.5. The van der Waals surface area contributed by atoms with Gasteiger partial charge >= 0.3 is 5.97 Å². The predicted molar refractivity (Wildman–Crippen MR) is 55.9 cm³/mol. The van der Waals surface area contributed by atoms with Gasteiger partial charge in [-0.3, -0.25) is 4.79 Å². The normalized spacial score (nSPS) is 11.5. The summed E-state index contributed by atoms with van der Waals surface area (Å²) in [6.45, 7) is 3.85. The summed E-state index contributed by atoms with van der Waals surface area (Å²) in [5.74, 6) is -0.285. The molecule has 0 aliphatic rings. The molecule has 0 aliphatic heterocycles. The number of unbranched alkanes of at least 4 members (excludes halogenated alkanes) is 2. The molecule has 0 amide bonds. The molecule has 0 aliphatic carbocycles. The van der Waals surface area contributed by atoms with Crippen LogP contribution in [0, 0.1) is 0 Å². The van der Waals surface area contributed by atoms with Gasteiger partial charge in [0.25, 0.3) is 0 Å². The standard InChI is InChI=1S/C11H20O3/c1-3-4-5-6-11(9-12)7-8-14-10(2)13/h7,12H,3-6,8-9H2,1-2H3/b11-7-. The van der Waals surface area contributed by atoms with Crippen molar-refractivity contribution in [3.63, 3.8) is 0 Å². The van der Waals surface area contributed by atoms with Crippen molar-refractivity contribution in [2.45, 2.75) is 39.5 Å². The van der Waals surface area contributed by atoms with Crippen LogP contribution in [0.15, 0.2) is 11.6 Å². The summed E-state index contributed by atoms with van der Waals surface area (Å²) >= 11 is 0. The Bertz CT molecular complexity index is 185. The van der Waals surface area contributed by atoms with Gasteiger partial charge in [-0.15, -0.1) is 0 Å². The van der Waals surface area contributed by atoms with E-state index in [4.69, 9.17) is 9.84 Å². The van der Waals surface area contributed by atoms with Gasteiger partial charge in [-0.1, -0.05) is 19.8 Å². The van der Waals surface area contributed by atoms with Gasteiger partial charge < -0.3 is 9.84 Å². The Balaban J connectivity index is 3.69. The largest absolute Gasteiger partial charge is 0.462 e. The predicted octanol–water partition coefficient (Wildman–Crippen LogP) is 2.05. The van der Waals surface area contributed by atoms with Crippen LogP contribution in [0.2, 0.25) is 0 Å². The summed E-state index contributed by atoms with van der Waals surface area (Å²) in [4.78, 5) is 10.5. The second kappa shape index (κ2) is 8.75. The molecular formula is C11H20O3. The van der Waals surface area contributed by atoms with Gasteiger partial charge in [0.05, 0.1) is 6.61 Å². The molecule has 0 aromatic heterocycles. The molecule has 0 spiro atoms. The van der Waals surface area contributed by atoms with Crippen molar-refractivity contribution in [3.05, 3.63) is 11.6 Å². The quantitative estimate of drug-likeness (QED) is 0.388. The van der Waals surface area contributed by atoms with Gasteiger partial charge in [-0.25, -0.2) is 0 Å². The summed E-state index contributed by atoms with van der Waals surface area (Å²) in [7, 11) is 0. The lowest BCUT2D eigenvalue weighted by Gasteiger charge is -2.03. The van der Waals surface area contributed by atoms with E-state index in [0.717, 1.165) is 18.4 Å². The van der Waals surface area contributed by atoms with E-state index >= 15 is 0 Å². The lowest BCUT2D eigenvalue weighted by atomic mass is 10.1. The van der Waals surface area contributed by atoms with E-state index in [0.29, 0.717) is 0 Å². The van der Waals surface area contributed by atoms with Crippen LogP contribution in [0.3, 0.4) is 0 Å². The number of hydrogen-bond acceptors (Lipinski definition) is 3. The molecule has 0 unspecified atom stereocenters. The highest BCUT2D eigenvalue weighted by molar-refractivity contribution is 5.66. The minimum atomic E-state index is -0.285. The first kappa shape index (κ1) is 13.2. The molecule has 3 heteroatoms. The first-order valence-electron chi connectivity index (χ1n) is 5.12. The summed E-state index contributed by atoms with van der Waals surface area (Å²) < 4.78 is 4.75. The van der Waals surface area contributed by atoms with Gasteiger partial charge in [0.15, 0.2) is 0 Å². The Labute approximate surface area is 85.8 Å². The maximum atomic E-state index is 10.5. The smallest absolute Gasteiger partial charge is 0.302 e. The molecule has 82 valence electrons. The van der Waals surface area contributed by atoms with Crippen molar-refractivity contribution in [2.75, 3.05) is 13.2 Å². The number of ether oxygens (including phenoxy) is 1. The van der Waals surface area contributed by atoms with E-state index < -0.39 is 0 Å². The molecule has 0 radical (unpaired) electrons. The fourth-order valence-corrected chi connectivity index (χ4v) is 1.12. The van der Waals surface area contributed by atoms with E-state index in [1.807, 2.05) is 0 Å². The van der Waals surface area contributed by atoms with E-state index in [9.17, 15) is 4.79 Å². The zero-order valence-corrected chi connectivity index (χ0v) is 9.08. The van der Waals surface area contributed by atoms with Crippen molar-refractivity contribution in [3.8, 4) is 0 Å². The maximum absolute atomic E-state index is 10.5. The van der Waals surface area contributed by atoms with E-state index in [1.54, 1.807) is 6.08 Å². The summed E-state index contributed by atoms with van der Waals surface area (Å²) in [6, 6.07) is 0. The van der Waals surface area contributed by atoms with Crippen LogP contribution < -0.4 is 0 Å². The maximum Gasteiger partial charge on any atom is 0.302 e. The second-order valence-corrected chi connectivity index (χ2v) is 3.28. The van der Waals surface area contributed by atoms with E-state index in [2.05, 4.69) is 6.92 Å². The van der Waals surface area contributed by atoms with Crippen LogP contribution in [-0.4, -0.2) is 24.3 Å². The van der Waals surface area contributed by atoms with E-state index in [1.165, 1.54) is 19.8 Å². The monoisotopic (exact) mass is 200 g/mol. The molecule has 0 fully saturated rings.